The van der Waals surface area contributed by atoms with E-state index in [9.17, 15) is 28.8 Å². The van der Waals surface area contributed by atoms with Crippen LogP contribution in [0.4, 0.5) is 19.2 Å². The van der Waals surface area contributed by atoms with E-state index in [-0.39, 0.29) is 60.2 Å². The fraction of sp³-hybridized carbons (Fsp3) is 0.609. The summed E-state index contributed by atoms with van der Waals surface area (Å²) in [5.41, 5.74) is -0.226. The molecule has 4 amide bonds. The Balaban J connectivity index is 1.13. The van der Waals surface area contributed by atoms with Gasteiger partial charge in [0.25, 0.3) is 0 Å². The Bertz CT molecular complexity index is 1690. The number of carbonyl (C=O) groups is 6. The molecule has 0 spiro atoms. The number of ether oxygens (including phenoxy) is 6. The molecule has 2 aromatic carbocycles. The standard InChI is InChI=1S/C46H66N4O12/c1-31(25-59-37(51)33-15-11-9-12-16-33)61-39(53)47-29-45(7)23-35(21-43(3,4)27-45)49-41(55)57-19-20-58-42(56)50-36-22-44(5,6)28-46(8,24-36)30-48-40(54)62-32(2)26-60-38(52)34-17-13-10-14-18-34/h9-18,31-32,35-36H,19-30H2,1-8H3,(H,47,53)(H,48,54)(H,49,55)(H,50,56). The molecule has 2 saturated carbocycles. The lowest BCUT2D eigenvalue weighted by molar-refractivity contribution is 0.0196. The molecule has 2 aliphatic carbocycles. The van der Waals surface area contributed by atoms with Crippen LogP contribution < -0.4 is 21.3 Å². The van der Waals surface area contributed by atoms with Crippen LogP contribution in [0.25, 0.3) is 0 Å². The van der Waals surface area contributed by atoms with Crippen molar-refractivity contribution in [1.29, 1.82) is 0 Å². The van der Waals surface area contributed by atoms with E-state index in [1.165, 1.54) is 0 Å². The Morgan fingerprint density at radius 2 is 0.887 bits per heavy atom. The van der Waals surface area contributed by atoms with Crippen LogP contribution in [0.15, 0.2) is 60.7 Å². The number of rotatable bonds is 17. The molecule has 0 aliphatic heterocycles. The molecule has 4 rings (SSSR count). The number of amides is 4. The number of benzene rings is 2. The van der Waals surface area contributed by atoms with E-state index in [2.05, 4.69) is 49.0 Å². The molecule has 4 N–H and O–H groups in total. The summed E-state index contributed by atoms with van der Waals surface area (Å²) in [6.07, 6.45) is 0.267. The molecular weight excluding hydrogens is 801 g/mol. The van der Waals surface area contributed by atoms with Gasteiger partial charge in [0.2, 0.25) is 0 Å². The molecule has 16 nitrogen and oxygen atoms in total. The van der Waals surface area contributed by atoms with E-state index in [0.717, 1.165) is 12.8 Å². The van der Waals surface area contributed by atoms with Crippen molar-refractivity contribution in [3.8, 4) is 0 Å². The monoisotopic (exact) mass is 866 g/mol. The molecule has 0 bridgehead atoms. The first-order valence-electron chi connectivity index (χ1n) is 21.3. The van der Waals surface area contributed by atoms with Gasteiger partial charge in [-0.3, -0.25) is 0 Å². The molecule has 2 fully saturated rings. The van der Waals surface area contributed by atoms with Crippen molar-refractivity contribution in [2.24, 2.45) is 21.7 Å². The number of alkyl carbamates (subject to hydrolysis) is 4. The summed E-state index contributed by atoms with van der Waals surface area (Å²) in [5, 5.41) is 11.6. The zero-order valence-corrected chi connectivity index (χ0v) is 37.5. The van der Waals surface area contributed by atoms with Crippen molar-refractivity contribution in [2.45, 2.75) is 118 Å². The Hall–Kier alpha value is -5.54. The smallest absolute Gasteiger partial charge is 0.407 e. The van der Waals surface area contributed by atoms with E-state index >= 15 is 0 Å². The van der Waals surface area contributed by atoms with Crippen molar-refractivity contribution < 1.29 is 57.2 Å². The van der Waals surface area contributed by atoms with E-state index in [4.69, 9.17) is 28.4 Å². The normalized spacial score (nSPS) is 23.5. The van der Waals surface area contributed by atoms with Crippen LogP contribution in [0.3, 0.4) is 0 Å². The summed E-state index contributed by atoms with van der Waals surface area (Å²) in [7, 11) is 0. The van der Waals surface area contributed by atoms with Crippen LogP contribution in [0.5, 0.6) is 0 Å². The average Bonchev–Trinajstić information content (AvgIpc) is 3.18. The van der Waals surface area contributed by atoms with Gasteiger partial charge in [0.1, 0.15) is 38.6 Å². The van der Waals surface area contributed by atoms with E-state index in [0.29, 0.717) is 49.9 Å². The molecule has 16 heteroatoms. The molecule has 0 radical (unpaired) electrons. The van der Waals surface area contributed by atoms with Gasteiger partial charge in [-0.15, -0.1) is 0 Å². The van der Waals surface area contributed by atoms with Crippen molar-refractivity contribution in [3.63, 3.8) is 0 Å². The van der Waals surface area contributed by atoms with E-state index in [1.54, 1.807) is 74.5 Å². The first-order valence-corrected chi connectivity index (χ1v) is 21.3. The topological polar surface area (TPSA) is 206 Å². The minimum atomic E-state index is -0.664. The van der Waals surface area contributed by atoms with Crippen molar-refractivity contribution in [3.05, 3.63) is 71.8 Å². The summed E-state index contributed by atoms with van der Waals surface area (Å²) in [6.45, 7) is 15.9. The summed E-state index contributed by atoms with van der Waals surface area (Å²) in [6, 6.07) is 16.7. The molecule has 0 saturated heterocycles. The first kappa shape index (κ1) is 49.1. The zero-order valence-electron chi connectivity index (χ0n) is 37.5. The van der Waals surface area contributed by atoms with Gasteiger partial charge in [0.05, 0.1) is 11.1 Å². The predicted octanol–water partition coefficient (Wildman–Crippen LogP) is 7.55. The highest BCUT2D eigenvalue weighted by Gasteiger charge is 2.43. The molecule has 62 heavy (non-hydrogen) atoms. The van der Waals surface area contributed by atoms with E-state index in [1.807, 2.05) is 13.8 Å². The zero-order chi connectivity index (χ0) is 45.6. The summed E-state index contributed by atoms with van der Waals surface area (Å²) in [5.74, 6) is -1.00. The first-order chi connectivity index (χ1) is 29.1. The Labute approximate surface area is 365 Å². The minimum Gasteiger partial charge on any atom is -0.458 e. The van der Waals surface area contributed by atoms with Crippen LogP contribution in [0, 0.1) is 21.7 Å². The molecular formula is C46H66N4O12. The quantitative estimate of drug-likeness (QED) is 0.0691. The molecule has 6 atom stereocenters. The van der Waals surface area contributed by atoms with E-state index < -0.39 is 48.5 Å². The molecule has 2 aliphatic rings. The Morgan fingerprint density at radius 3 is 1.24 bits per heavy atom. The molecule has 0 aromatic heterocycles. The maximum absolute atomic E-state index is 12.8. The van der Waals surface area contributed by atoms with Crippen molar-refractivity contribution in [1.82, 2.24) is 21.3 Å². The van der Waals surface area contributed by atoms with Crippen LogP contribution in [-0.4, -0.2) is 100 Å². The molecule has 0 heterocycles. The molecule has 2 aromatic rings. The summed E-state index contributed by atoms with van der Waals surface area (Å²) in [4.78, 5) is 75.4. The van der Waals surface area contributed by atoms with Crippen molar-refractivity contribution in [2.75, 3.05) is 39.5 Å². The maximum Gasteiger partial charge on any atom is 0.407 e. The lowest BCUT2D eigenvalue weighted by Crippen LogP contribution is -2.51. The van der Waals surface area contributed by atoms with Crippen LogP contribution in [0.2, 0.25) is 0 Å². The molecule has 342 valence electrons. The van der Waals surface area contributed by atoms with Crippen LogP contribution in [0.1, 0.15) is 115 Å². The predicted molar refractivity (Wildman–Crippen MR) is 229 cm³/mol. The van der Waals surface area contributed by atoms with Gasteiger partial charge in [-0.25, -0.2) is 28.8 Å². The fourth-order valence-corrected chi connectivity index (χ4v) is 9.22. The summed E-state index contributed by atoms with van der Waals surface area (Å²) < 4.78 is 32.1. The van der Waals surface area contributed by atoms with Gasteiger partial charge in [0.15, 0.2) is 0 Å². The van der Waals surface area contributed by atoms with Crippen LogP contribution >= 0.6 is 0 Å². The van der Waals surface area contributed by atoms with Gasteiger partial charge in [-0.1, -0.05) is 77.9 Å². The Kier molecular flexibility index (Phi) is 17.4. The maximum atomic E-state index is 12.8. The minimum absolute atomic E-state index is 0.0901. The summed E-state index contributed by atoms with van der Waals surface area (Å²) >= 11 is 0. The highest BCUT2D eigenvalue weighted by atomic mass is 16.6. The number of nitrogens with one attached hydrogen (secondary N) is 4. The number of carbonyl (C=O) groups excluding carboxylic acids is 6. The van der Waals surface area contributed by atoms with Crippen LogP contribution in [-0.2, 0) is 28.4 Å². The SMILES string of the molecule is CC(COC(=O)c1ccccc1)OC(=O)NCC1(C)CC(NC(=O)OCCOC(=O)NC2CC(C)(C)CC(C)(CNC(=O)OC(C)COC(=O)c3ccccc3)C2)CC(C)(C)C1. The number of esters is 2. The third-order valence-corrected chi connectivity index (χ3v) is 10.9. The largest absolute Gasteiger partial charge is 0.458 e. The van der Waals surface area contributed by atoms with Gasteiger partial charge in [0, 0.05) is 25.2 Å². The third kappa shape index (κ3) is 17.1. The lowest BCUT2D eigenvalue weighted by atomic mass is 9.62. The fourth-order valence-electron chi connectivity index (χ4n) is 9.22. The molecule has 6 unspecified atom stereocenters. The van der Waals surface area contributed by atoms with Gasteiger partial charge in [-0.2, -0.15) is 0 Å². The highest BCUT2D eigenvalue weighted by molar-refractivity contribution is 5.89. The van der Waals surface area contributed by atoms with Crippen molar-refractivity contribution >= 4 is 36.3 Å². The van der Waals surface area contributed by atoms with Gasteiger partial charge in [-0.05, 0) is 98.3 Å². The second-order valence-electron chi connectivity index (χ2n) is 19.1. The number of hydrogen-bond donors (Lipinski definition) is 4. The Morgan fingerprint density at radius 1 is 0.532 bits per heavy atom. The number of hydrogen-bond acceptors (Lipinski definition) is 12. The average molecular weight is 867 g/mol. The lowest BCUT2D eigenvalue weighted by Gasteiger charge is -2.46. The third-order valence-electron chi connectivity index (χ3n) is 10.9. The van der Waals surface area contributed by atoms with Gasteiger partial charge >= 0.3 is 36.3 Å². The van der Waals surface area contributed by atoms with Gasteiger partial charge < -0.3 is 49.7 Å². The second kappa shape index (κ2) is 22.0. The highest BCUT2D eigenvalue weighted by Crippen LogP contribution is 2.47. The second-order valence-corrected chi connectivity index (χ2v) is 19.1.